The zero-order valence-electron chi connectivity index (χ0n) is 24.0. The second kappa shape index (κ2) is 14.6. The Balaban J connectivity index is 1.80. The van der Waals surface area contributed by atoms with Crippen molar-refractivity contribution in [3.63, 3.8) is 0 Å². The SMILES string of the molecule is CCCCCCCN(C)C(=O)[C@H](Cc1ccc(O)cc1)N1C(=O)CN(C)N(C(=O)NCc2ccc(F)cc2)[C@H]1C. The number of phenolic OH excluding ortho intramolecular Hbond substituents is 1. The van der Waals surface area contributed by atoms with Gasteiger partial charge < -0.3 is 20.2 Å². The van der Waals surface area contributed by atoms with E-state index in [0.717, 1.165) is 43.2 Å². The van der Waals surface area contributed by atoms with Crippen LogP contribution in [0.2, 0.25) is 0 Å². The molecule has 1 saturated heterocycles. The van der Waals surface area contributed by atoms with Crippen molar-refractivity contribution in [1.82, 2.24) is 25.1 Å². The van der Waals surface area contributed by atoms with E-state index in [0.29, 0.717) is 6.54 Å². The number of hydrogen-bond donors (Lipinski definition) is 2. The van der Waals surface area contributed by atoms with Gasteiger partial charge in [0.25, 0.3) is 0 Å². The zero-order chi connectivity index (χ0) is 29.2. The molecular weight excluding hydrogens is 513 g/mol. The van der Waals surface area contributed by atoms with E-state index in [2.05, 4.69) is 12.2 Å². The van der Waals surface area contributed by atoms with Crippen LogP contribution >= 0.6 is 0 Å². The van der Waals surface area contributed by atoms with E-state index in [1.165, 1.54) is 22.0 Å². The minimum Gasteiger partial charge on any atom is -0.508 e. The number of carbonyl (C=O) groups is 3. The fourth-order valence-corrected chi connectivity index (χ4v) is 5.06. The van der Waals surface area contributed by atoms with Crippen LogP contribution < -0.4 is 5.32 Å². The normalized spacial score (nSPS) is 16.6. The van der Waals surface area contributed by atoms with Gasteiger partial charge >= 0.3 is 6.03 Å². The van der Waals surface area contributed by atoms with E-state index < -0.39 is 18.2 Å². The molecule has 0 saturated carbocycles. The van der Waals surface area contributed by atoms with Gasteiger partial charge in [0.15, 0.2) is 0 Å². The van der Waals surface area contributed by atoms with Crippen LogP contribution in [0.1, 0.15) is 57.1 Å². The van der Waals surface area contributed by atoms with Crippen LogP contribution in [0, 0.1) is 5.82 Å². The number of likely N-dealkylation sites (N-methyl/N-ethyl adjacent to an activating group) is 2. The summed E-state index contributed by atoms with van der Waals surface area (Å²) in [6.45, 7) is 4.57. The third-order valence-electron chi connectivity index (χ3n) is 7.30. The zero-order valence-corrected chi connectivity index (χ0v) is 24.0. The van der Waals surface area contributed by atoms with Gasteiger partial charge in [-0.2, -0.15) is 0 Å². The van der Waals surface area contributed by atoms with Crippen LogP contribution in [0.15, 0.2) is 48.5 Å². The molecule has 9 nitrogen and oxygen atoms in total. The molecule has 2 aromatic rings. The van der Waals surface area contributed by atoms with Crippen LogP contribution in [0.25, 0.3) is 0 Å². The lowest BCUT2D eigenvalue weighted by molar-refractivity contribution is -0.171. The van der Waals surface area contributed by atoms with Crippen LogP contribution in [0.5, 0.6) is 5.75 Å². The van der Waals surface area contributed by atoms with Gasteiger partial charge in [0.2, 0.25) is 11.8 Å². The number of amides is 4. The molecule has 0 aromatic heterocycles. The summed E-state index contributed by atoms with van der Waals surface area (Å²) in [5, 5.41) is 15.6. The maximum atomic E-state index is 13.8. The molecule has 3 rings (SSSR count). The summed E-state index contributed by atoms with van der Waals surface area (Å²) in [4.78, 5) is 43.7. The predicted molar refractivity (Wildman–Crippen MR) is 151 cm³/mol. The maximum absolute atomic E-state index is 13.8. The molecule has 0 aliphatic carbocycles. The van der Waals surface area contributed by atoms with Gasteiger partial charge in [-0.15, -0.1) is 0 Å². The average molecular weight is 556 g/mol. The van der Waals surface area contributed by atoms with Gasteiger partial charge in [-0.25, -0.2) is 19.2 Å². The topological polar surface area (TPSA) is 96.4 Å². The van der Waals surface area contributed by atoms with Crippen molar-refractivity contribution in [1.29, 1.82) is 0 Å². The predicted octanol–water partition coefficient (Wildman–Crippen LogP) is 4.12. The number of nitrogens with one attached hydrogen (secondary N) is 1. The van der Waals surface area contributed by atoms with E-state index in [1.807, 2.05) is 0 Å². The molecule has 0 spiro atoms. The second-order valence-corrected chi connectivity index (χ2v) is 10.4. The summed E-state index contributed by atoms with van der Waals surface area (Å²) in [6, 6.07) is 11.2. The molecule has 0 radical (unpaired) electrons. The minimum atomic E-state index is -0.839. The molecule has 2 N–H and O–H groups in total. The molecule has 1 heterocycles. The minimum absolute atomic E-state index is 0.0750. The van der Waals surface area contributed by atoms with E-state index >= 15 is 0 Å². The Morgan fingerprint density at radius 2 is 1.68 bits per heavy atom. The second-order valence-electron chi connectivity index (χ2n) is 10.4. The van der Waals surface area contributed by atoms with Crippen molar-refractivity contribution < 1.29 is 23.9 Å². The highest BCUT2D eigenvalue weighted by Crippen LogP contribution is 2.23. The lowest BCUT2D eigenvalue weighted by Gasteiger charge is -2.49. The van der Waals surface area contributed by atoms with Gasteiger partial charge in [-0.3, -0.25) is 9.59 Å². The number of hydrazine groups is 1. The molecule has 10 heteroatoms. The number of hydrogen-bond acceptors (Lipinski definition) is 5. The first-order valence-corrected chi connectivity index (χ1v) is 14.0. The molecule has 0 bridgehead atoms. The molecule has 1 aliphatic rings. The van der Waals surface area contributed by atoms with E-state index in [4.69, 9.17) is 0 Å². The van der Waals surface area contributed by atoms with Crippen LogP contribution in [-0.2, 0) is 22.6 Å². The summed E-state index contributed by atoms with van der Waals surface area (Å²) in [7, 11) is 3.41. The first-order valence-electron chi connectivity index (χ1n) is 14.0. The third kappa shape index (κ3) is 8.17. The summed E-state index contributed by atoms with van der Waals surface area (Å²) >= 11 is 0. The summed E-state index contributed by atoms with van der Waals surface area (Å²) < 4.78 is 13.3. The third-order valence-corrected chi connectivity index (χ3v) is 7.30. The highest BCUT2D eigenvalue weighted by Gasteiger charge is 2.43. The standard InChI is InChI=1S/C30H42FN5O4/c1-5-6-7-8-9-18-33(3)29(39)27(19-23-12-16-26(37)17-13-23)35-22(2)36(34(4)21-28(35)38)30(40)32-20-24-10-14-25(31)15-11-24/h10-17,22,27,37H,5-9,18-21H2,1-4H3,(H,32,40)/t22-,27-/m0/s1. The number of carbonyl (C=O) groups excluding carboxylic acids is 3. The number of benzene rings is 2. The lowest BCUT2D eigenvalue weighted by Crippen LogP contribution is -2.70. The highest BCUT2D eigenvalue weighted by atomic mass is 19.1. The first kappa shape index (κ1) is 30.9. The molecule has 0 unspecified atom stereocenters. The molecule has 2 aromatic carbocycles. The first-order chi connectivity index (χ1) is 19.1. The number of nitrogens with zero attached hydrogens (tertiary/aromatic N) is 4. The lowest BCUT2D eigenvalue weighted by atomic mass is 10.0. The van der Waals surface area contributed by atoms with Crippen LogP contribution in [0.4, 0.5) is 9.18 Å². The van der Waals surface area contributed by atoms with Gasteiger partial charge in [0.1, 0.15) is 23.8 Å². The van der Waals surface area contributed by atoms with E-state index in [1.54, 1.807) is 67.3 Å². The fraction of sp³-hybridized carbons (Fsp3) is 0.500. The monoisotopic (exact) mass is 555 g/mol. The molecule has 1 aliphatic heterocycles. The van der Waals surface area contributed by atoms with Crippen molar-refractivity contribution in [2.24, 2.45) is 0 Å². The van der Waals surface area contributed by atoms with Crippen molar-refractivity contribution >= 4 is 17.8 Å². The molecular formula is C30H42FN5O4. The number of phenols is 1. The molecule has 4 amide bonds. The van der Waals surface area contributed by atoms with Crippen molar-refractivity contribution in [3.8, 4) is 5.75 Å². The Morgan fingerprint density at radius 1 is 1.05 bits per heavy atom. The molecule has 1 fully saturated rings. The van der Waals surface area contributed by atoms with Crippen molar-refractivity contribution in [3.05, 3.63) is 65.5 Å². The molecule has 2 atom stereocenters. The quantitative estimate of drug-likeness (QED) is 0.384. The number of urea groups is 1. The molecule has 40 heavy (non-hydrogen) atoms. The van der Waals surface area contributed by atoms with Gasteiger partial charge in [-0.05, 0) is 48.7 Å². The Bertz CT molecular complexity index is 1130. The van der Waals surface area contributed by atoms with E-state index in [9.17, 15) is 23.9 Å². The Kier molecular flexibility index (Phi) is 11.3. The average Bonchev–Trinajstić information content (AvgIpc) is 2.92. The Hall–Kier alpha value is -3.66. The van der Waals surface area contributed by atoms with Gasteiger partial charge in [0, 0.05) is 33.6 Å². The van der Waals surface area contributed by atoms with Crippen molar-refractivity contribution in [2.75, 3.05) is 27.2 Å². The number of rotatable bonds is 12. The van der Waals surface area contributed by atoms with Crippen molar-refractivity contribution in [2.45, 2.75) is 71.1 Å². The maximum Gasteiger partial charge on any atom is 0.334 e. The number of aromatic hydroxyl groups is 1. The van der Waals surface area contributed by atoms with Gasteiger partial charge in [-0.1, -0.05) is 56.9 Å². The summed E-state index contributed by atoms with van der Waals surface area (Å²) in [5.74, 6) is -0.696. The highest BCUT2D eigenvalue weighted by molar-refractivity contribution is 5.90. The van der Waals surface area contributed by atoms with E-state index in [-0.39, 0.29) is 42.9 Å². The smallest absolute Gasteiger partial charge is 0.334 e. The van der Waals surface area contributed by atoms with Crippen LogP contribution in [0.3, 0.4) is 0 Å². The summed E-state index contributed by atoms with van der Waals surface area (Å²) in [5.41, 5.74) is 1.52. The largest absolute Gasteiger partial charge is 0.508 e. The number of unbranched alkanes of at least 4 members (excludes halogenated alkanes) is 4. The van der Waals surface area contributed by atoms with Crippen LogP contribution in [-0.4, -0.2) is 82.2 Å². The Labute approximate surface area is 236 Å². The molecule has 218 valence electrons. The fourth-order valence-electron chi connectivity index (χ4n) is 5.06. The Morgan fingerprint density at radius 3 is 2.33 bits per heavy atom. The number of halogens is 1. The summed E-state index contributed by atoms with van der Waals surface area (Å²) in [6.07, 6.45) is 4.81. The van der Waals surface area contributed by atoms with Gasteiger partial charge in [0.05, 0.1) is 6.54 Å².